The zero-order valence-electron chi connectivity index (χ0n) is 14.5. The zero-order chi connectivity index (χ0) is 17.8. The summed E-state index contributed by atoms with van der Waals surface area (Å²) >= 11 is 1.39. The minimum Gasteiger partial charge on any atom is -0.494 e. The van der Waals surface area contributed by atoms with Gasteiger partial charge in [-0.25, -0.2) is 4.99 Å². The van der Waals surface area contributed by atoms with E-state index in [1.807, 2.05) is 68.5 Å². The second-order valence-corrected chi connectivity index (χ2v) is 6.72. The van der Waals surface area contributed by atoms with Gasteiger partial charge in [0.15, 0.2) is 5.17 Å². The number of hydrogen-bond donors (Lipinski definition) is 0. The van der Waals surface area contributed by atoms with Crippen molar-refractivity contribution < 1.29 is 9.53 Å². The highest BCUT2D eigenvalue weighted by molar-refractivity contribution is 8.18. The van der Waals surface area contributed by atoms with Crippen molar-refractivity contribution in [2.45, 2.75) is 13.8 Å². The van der Waals surface area contributed by atoms with E-state index in [1.165, 1.54) is 17.3 Å². The molecule has 4 nitrogen and oxygen atoms in total. The molecule has 5 heteroatoms. The standard InChI is InChI=1S/C20H20N2O2S/c1-4-24-17-7-5-6-15(12-17)13-18-19(23)22(3)20(25-18)21-16-10-8-14(2)9-11-16/h5-13H,4H2,1-3H3/b18-13+,21-20?. The largest absolute Gasteiger partial charge is 0.494 e. The lowest BCUT2D eigenvalue weighted by atomic mass is 10.2. The second-order valence-electron chi connectivity index (χ2n) is 5.71. The van der Waals surface area contributed by atoms with Crippen molar-refractivity contribution in [1.82, 2.24) is 4.90 Å². The summed E-state index contributed by atoms with van der Waals surface area (Å²) < 4.78 is 5.51. The van der Waals surface area contributed by atoms with Crippen molar-refractivity contribution in [3.8, 4) is 5.75 Å². The summed E-state index contributed by atoms with van der Waals surface area (Å²) in [5, 5.41) is 0.682. The summed E-state index contributed by atoms with van der Waals surface area (Å²) in [5.41, 5.74) is 2.96. The number of carbonyl (C=O) groups excluding carboxylic acids is 1. The number of nitrogens with zero attached hydrogens (tertiary/aromatic N) is 2. The molecule has 0 unspecified atom stereocenters. The number of aliphatic imine (C=N–C) groups is 1. The predicted molar refractivity (Wildman–Crippen MR) is 104 cm³/mol. The molecule has 25 heavy (non-hydrogen) atoms. The van der Waals surface area contributed by atoms with E-state index in [0.29, 0.717) is 16.7 Å². The maximum Gasteiger partial charge on any atom is 0.266 e. The highest BCUT2D eigenvalue weighted by Gasteiger charge is 2.30. The van der Waals surface area contributed by atoms with Gasteiger partial charge in [0.2, 0.25) is 0 Å². The third-order valence-electron chi connectivity index (χ3n) is 3.73. The zero-order valence-corrected chi connectivity index (χ0v) is 15.3. The smallest absolute Gasteiger partial charge is 0.266 e. The number of rotatable bonds is 4. The molecule has 2 aromatic rings. The van der Waals surface area contributed by atoms with Crippen LogP contribution < -0.4 is 4.74 Å². The molecular formula is C20H20N2O2S. The minimum absolute atomic E-state index is 0.0438. The molecule has 0 bridgehead atoms. The number of ether oxygens (including phenoxy) is 1. The number of benzene rings is 2. The van der Waals surface area contributed by atoms with Crippen LogP contribution in [0.3, 0.4) is 0 Å². The third kappa shape index (κ3) is 4.12. The quantitative estimate of drug-likeness (QED) is 0.754. The first kappa shape index (κ1) is 17.3. The van der Waals surface area contributed by atoms with Crippen LogP contribution in [0.25, 0.3) is 6.08 Å². The monoisotopic (exact) mass is 352 g/mol. The van der Waals surface area contributed by atoms with E-state index in [1.54, 1.807) is 11.9 Å². The van der Waals surface area contributed by atoms with Crippen LogP contribution >= 0.6 is 11.8 Å². The van der Waals surface area contributed by atoms with Crippen LogP contribution in [0.4, 0.5) is 5.69 Å². The maximum atomic E-state index is 12.5. The summed E-state index contributed by atoms with van der Waals surface area (Å²) in [6, 6.07) is 15.6. The van der Waals surface area contributed by atoms with Gasteiger partial charge < -0.3 is 4.74 Å². The summed E-state index contributed by atoms with van der Waals surface area (Å²) in [6.45, 7) is 4.60. The summed E-state index contributed by atoms with van der Waals surface area (Å²) in [6.07, 6.45) is 1.88. The molecule has 0 radical (unpaired) electrons. The molecule has 0 spiro atoms. The van der Waals surface area contributed by atoms with Gasteiger partial charge in [0.25, 0.3) is 5.91 Å². The Balaban J connectivity index is 1.85. The van der Waals surface area contributed by atoms with Gasteiger partial charge in [-0.15, -0.1) is 0 Å². The SMILES string of the molecule is CCOc1cccc(/C=C2/SC(=Nc3ccc(C)cc3)N(C)C2=O)c1. The number of likely N-dealkylation sites (N-methyl/N-ethyl adjacent to an activating group) is 1. The van der Waals surface area contributed by atoms with Gasteiger partial charge in [0.1, 0.15) is 5.75 Å². The van der Waals surface area contributed by atoms with Gasteiger partial charge >= 0.3 is 0 Å². The van der Waals surface area contributed by atoms with E-state index in [2.05, 4.69) is 4.99 Å². The topological polar surface area (TPSA) is 41.9 Å². The number of hydrogen-bond acceptors (Lipinski definition) is 4. The minimum atomic E-state index is -0.0438. The summed E-state index contributed by atoms with van der Waals surface area (Å²) in [4.78, 5) is 19.3. The molecule has 3 rings (SSSR count). The highest BCUT2D eigenvalue weighted by atomic mass is 32.2. The molecule has 1 aliphatic rings. The fourth-order valence-electron chi connectivity index (χ4n) is 2.39. The predicted octanol–water partition coefficient (Wildman–Crippen LogP) is 4.63. The van der Waals surface area contributed by atoms with E-state index in [0.717, 1.165) is 17.0 Å². The third-order valence-corrected chi connectivity index (χ3v) is 4.79. The van der Waals surface area contributed by atoms with Crippen LogP contribution in [-0.4, -0.2) is 29.6 Å². The first-order valence-electron chi connectivity index (χ1n) is 8.12. The van der Waals surface area contributed by atoms with Crippen molar-refractivity contribution >= 4 is 34.6 Å². The van der Waals surface area contributed by atoms with E-state index in [4.69, 9.17) is 4.74 Å². The van der Waals surface area contributed by atoms with Crippen molar-refractivity contribution in [2.75, 3.05) is 13.7 Å². The summed E-state index contributed by atoms with van der Waals surface area (Å²) in [5.74, 6) is 0.756. The van der Waals surface area contributed by atoms with Gasteiger partial charge in [-0.1, -0.05) is 29.8 Å². The molecule has 1 aliphatic heterocycles. The van der Waals surface area contributed by atoms with Crippen LogP contribution in [0.2, 0.25) is 0 Å². The lowest BCUT2D eigenvalue weighted by Gasteiger charge is -2.07. The Morgan fingerprint density at radius 1 is 1.20 bits per heavy atom. The molecule has 128 valence electrons. The highest BCUT2D eigenvalue weighted by Crippen LogP contribution is 2.33. The van der Waals surface area contributed by atoms with Crippen LogP contribution in [0.5, 0.6) is 5.75 Å². The molecular weight excluding hydrogens is 332 g/mol. The average molecular weight is 352 g/mol. The molecule has 1 heterocycles. The van der Waals surface area contributed by atoms with Gasteiger partial charge in [-0.05, 0) is 61.5 Å². The van der Waals surface area contributed by atoms with Crippen molar-refractivity contribution in [2.24, 2.45) is 4.99 Å². The Morgan fingerprint density at radius 2 is 1.96 bits per heavy atom. The van der Waals surface area contributed by atoms with Gasteiger partial charge in [-0.2, -0.15) is 0 Å². The number of carbonyl (C=O) groups is 1. The van der Waals surface area contributed by atoms with Crippen LogP contribution in [0.1, 0.15) is 18.1 Å². The second kappa shape index (κ2) is 7.57. The molecule has 1 fully saturated rings. The molecule has 0 atom stereocenters. The molecule has 0 saturated carbocycles. The Morgan fingerprint density at radius 3 is 2.68 bits per heavy atom. The first-order valence-corrected chi connectivity index (χ1v) is 8.94. The van der Waals surface area contributed by atoms with Crippen LogP contribution in [0, 0.1) is 6.92 Å². The Kier molecular flexibility index (Phi) is 5.24. The van der Waals surface area contributed by atoms with Gasteiger partial charge in [0.05, 0.1) is 17.2 Å². The van der Waals surface area contributed by atoms with Crippen molar-refractivity contribution in [1.29, 1.82) is 0 Å². The average Bonchev–Trinajstić information content (AvgIpc) is 2.86. The van der Waals surface area contributed by atoms with E-state index < -0.39 is 0 Å². The van der Waals surface area contributed by atoms with Gasteiger partial charge in [0, 0.05) is 7.05 Å². The Hall–Kier alpha value is -2.53. The Bertz CT molecular complexity index is 841. The number of thioether (sulfide) groups is 1. The maximum absolute atomic E-state index is 12.5. The van der Waals surface area contributed by atoms with Crippen molar-refractivity contribution in [3.63, 3.8) is 0 Å². The molecule has 2 aromatic carbocycles. The molecule has 1 saturated heterocycles. The fourth-order valence-corrected chi connectivity index (χ4v) is 3.38. The Labute approximate surface area is 152 Å². The normalized spacial score (nSPS) is 17.6. The number of aryl methyl sites for hydroxylation is 1. The van der Waals surface area contributed by atoms with Crippen LogP contribution in [0.15, 0.2) is 58.4 Å². The molecule has 0 aliphatic carbocycles. The molecule has 0 aromatic heterocycles. The van der Waals surface area contributed by atoms with E-state index in [-0.39, 0.29) is 5.91 Å². The first-order chi connectivity index (χ1) is 12.1. The number of amides is 1. The number of amidine groups is 1. The lowest BCUT2D eigenvalue weighted by Crippen LogP contribution is -2.23. The fraction of sp³-hybridized carbons (Fsp3) is 0.200. The van der Waals surface area contributed by atoms with E-state index in [9.17, 15) is 4.79 Å². The van der Waals surface area contributed by atoms with Crippen LogP contribution in [-0.2, 0) is 4.79 Å². The van der Waals surface area contributed by atoms with E-state index >= 15 is 0 Å². The summed E-state index contributed by atoms with van der Waals surface area (Å²) in [7, 11) is 1.75. The molecule has 1 amide bonds. The van der Waals surface area contributed by atoms with Crippen molar-refractivity contribution in [3.05, 3.63) is 64.6 Å². The molecule has 0 N–H and O–H groups in total. The lowest BCUT2D eigenvalue weighted by molar-refractivity contribution is -0.121. The van der Waals surface area contributed by atoms with Gasteiger partial charge in [-0.3, -0.25) is 9.69 Å².